The van der Waals surface area contributed by atoms with Crippen molar-refractivity contribution >= 4 is 5.69 Å². The third-order valence-corrected chi connectivity index (χ3v) is 3.29. The van der Waals surface area contributed by atoms with Crippen LogP contribution in [0.25, 0.3) is 0 Å². The summed E-state index contributed by atoms with van der Waals surface area (Å²) >= 11 is 0. The van der Waals surface area contributed by atoms with Gasteiger partial charge >= 0.3 is 0 Å². The lowest BCUT2D eigenvalue weighted by Crippen LogP contribution is -2.22. The van der Waals surface area contributed by atoms with Crippen molar-refractivity contribution in [3.8, 4) is 0 Å². The SMILES string of the molecule is CCN(Cc1cc(F)ccc1F)c1ccc(CN)cc1. The van der Waals surface area contributed by atoms with E-state index in [1.54, 1.807) is 0 Å². The average Bonchev–Trinajstić information content (AvgIpc) is 2.48. The van der Waals surface area contributed by atoms with E-state index >= 15 is 0 Å². The molecule has 0 amide bonds. The van der Waals surface area contributed by atoms with Gasteiger partial charge in [-0.1, -0.05) is 12.1 Å². The summed E-state index contributed by atoms with van der Waals surface area (Å²) in [4.78, 5) is 1.98. The van der Waals surface area contributed by atoms with Gasteiger partial charge in [0.05, 0.1) is 0 Å². The van der Waals surface area contributed by atoms with E-state index in [2.05, 4.69) is 0 Å². The molecular weight excluding hydrogens is 258 g/mol. The summed E-state index contributed by atoms with van der Waals surface area (Å²) in [6, 6.07) is 11.3. The topological polar surface area (TPSA) is 29.3 Å². The first-order chi connectivity index (χ1) is 9.63. The highest BCUT2D eigenvalue weighted by Crippen LogP contribution is 2.19. The van der Waals surface area contributed by atoms with Crippen molar-refractivity contribution in [2.24, 2.45) is 5.73 Å². The third kappa shape index (κ3) is 3.33. The molecule has 2 N–H and O–H groups in total. The van der Waals surface area contributed by atoms with Gasteiger partial charge in [-0.15, -0.1) is 0 Å². The number of nitrogens with zero attached hydrogens (tertiary/aromatic N) is 1. The lowest BCUT2D eigenvalue weighted by Gasteiger charge is -2.23. The van der Waals surface area contributed by atoms with Gasteiger partial charge in [-0.3, -0.25) is 0 Å². The standard InChI is InChI=1S/C16H18F2N2/c1-2-20(15-6-3-12(10-19)4-7-15)11-13-9-14(17)5-8-16(13)18/h3-9H,2,10-11,19H2,1H3. The monoisotopic (exact) mass is 276 g/mol. The molecule has 0 spiro atoms. The summed E-state index contributed by atoms with van der Waals surface area (Å²) in [6.07, 6.45) is 0. The van der Waals surface area contributed by atoms with Crippen LogP contribution in [0.4, 0.5) is 14.5 Å². The number of hydrogen-bond donors (Lipinski definition) is 1. The molecule has 0 heterocycles. The Kier molecular flexibility index (Phi) is 4.69. The normalized spacial score (nSPS) is 10.6. The van der Waals surface area contributed by atoms with E-state index in [9.17, 15) is 8.78 Å². The van der Waals surface area contributed by atoms with Gasteiger partial charge in [0.2, 0.25) is 0 Å². The molecule has 0 aromatic heterocycles. The second kappa shape index (κ2) is 6.48. The number of nitrogens with two attached hydrogens (primary N) is 1. The molecule has 0 saturated heterocycles. The first-order valence-electron chi connectivity index (χ1n) is 6.62. The minimum absolute atomic E-state index is 0.335. The van der Waals surface area contributed by atoms with Crippen molar-refractivity contribution in [1.29, 1.82) is 0 Å². The van der Waals surface area contributed by atoms with Crippen molar-refractivity contribution in [3.63, 3.8) is 0 Å². The molecule has 0 fully saturated rings. The summed E-state index contributed by atoms with van der Waals surface area (Å²) in [5.41, 5.74) is 7.93. The zero-order valence-corrected chi connectivity index (χ0v) is 11.4. The van der Waals surface area contributed by atoms with Gasteiger partial charge in [-0.05, 0) is 42.8 Å². The Hall–Kier alpha value is -1.94. The van der Waals surface area contributed by atoms with Crippen LogP contribution in [0.15, 0.2) is 42.5 Å². The average molecular weight is 276 g/mol. The van der Waals surface area contributed by atoms with Crippen LogP contribution in [0.3, 0.4) is 0 Å². The Labute approximate surface area is 117 Å². The Morgan fingerprint density at radius 1 is 1.05 bits per heavy atom. The first-order valence-corrected chi connectivity index (χ1v) is 6.62. The summed E-state index contributed by atoms with van der Waals surface area (Å²) in [5, 5.41) is 0. The molecule has 0 bridgehead atoms. The Bertz CT molecular complexity index is 567. The zero-order valence-electron chi connectivity index (χ0n) is 11.4. The van der Waals surface area contributed by atoms with E-state index in [1.165, 1.54) is 6.07 Å². The molecule has 2 aromatic rings. The molecule has 0 aliphatic rings. The van der Waals surface area contributed by atoms with Crippen molar-refractivity contribution in [2.45, 2.75) is 20.0 Å². The predicted octanol–water partition coefficient (Wildman–Crippen LogP) is 3.45. The second-order valence-corrected chi connectivity index (χ2v) is 4.62. The second-order valence-electron chi connectivity index (χ2n) is 4.62. The number of benzene rings is 2. The predicted molar refractivity (Wildman–Crippen MR) is 77.4 cm³/mol. The fourth-order valence-corrected chi connectivity index (χ4v) is 2.10. The maximum atomic E-state index is 13.7. The quantitative estimate of drug-likeness (QED) is 0.906. The molecular formula is C16H18F2N2. The summed E-state index contributed by atoms with van der Waals surface area (Å²) in [6.45, 7) is 3.51. The van der Waals surface area contributed by atoms with Gasteiger partial charge in [-0.25, -0.2) is 8.78 Å². The highest BCUT2D eigenvalue weighted by atomic mass is 19.1. The fourth-order valence-electron chi connectivity index (χ4n) is 2.10. The van der Waals surface area contributed by atoms with Crippen LogP contribution in [0.5, 0.6) is 0 Å². The number of rotatable bonds is 5. The first kappa shape index (κ1) is 14.5. The molecule has 0 aliphatic carbocycles. The third-order valence-electron chi connectivity index (χ3n) is 3.29. The van der Waals surface area contributed by atoms with E-state index in [0.717, 1.165) is 23.4 Å². The zero-order chi connectivity index (χ0) is 14.5. The molecule has 2 nitrogen and oxygen atoms in total. The van der Waals surface area contributed by atoms with Crippen LogP contribution < -0.4 is 10.6 Å². The van der Waals surface area contributed by atoms with E-state index in [1.807, 2.05) is 36.1 Å². The minimum atomic E-state index is -0.420. The number of anilines is 1. The van der Waals surface area contributed by atoms with Crippen molar-refractivity contribution < 1.29 is 8.78 Å². The van der Waals surface area contributed by atoms with Crippen molar-refractivity contribution in [2.75, 3.05) is 11.4 Å². The molecule has 2 aromatic carbocycles. The molecule has 0 atom stereocenters. The summed E-state index contributed by atoms with van der Waals surface area (Å²) < 4.78 is 26.9. The lowest BCUT2D eigenvalue weighted by molar-refractivity contribution is 0.581. The molecule has 0 unspecified atom stereocenters. The van der Waals surface area contributed by atoms with Crippen LogP contribution >= 0.6 is 0 Å². The van der Waals surface area contributed by atoms with Crippen LogP contribution in [-0.4, -0.2) is 6.54 Å². The van der Waals surface area contributed by atoms with Gasteiger partial charge in [0.25, 0.3) is 0 Å². The molecule has 0 aliphatic heterocycles. The Morgan fingerprint density at radius 2 is 1.75 bits per heavy atom. The Balaban J connectivity index is 2.21. The summed E-state index contributed by atoms with van der Waals surface area (Å²) in [5.74, 6) is -0.806. The number of hydrogen-bond acceptors (Lipinski definition) is 2. The van der Waals surface area contributed by atoms with Crippen LogP contribution in [0.1, 0.15) is 18.1 Å². The summed E-state index contributed by atoms with van der Waals surface area (Å²) in [7, 11) is 0. The van der Waals surface area contributed by atoms with Gasteiger partial charge in [0, 0.05) is 30.9 Å². The van der Waals surface area contributed by atoms with Crippen LogP contribution in [-0.2, 0) is 13.1 Å². The maximum Gasteiger partial charge on any atom is 0.128 e. The largest absolute Gasteiger partial charge is 0.367 e. The minimum Gasteiger partial charge on any atom is -0.367 e. The lowest BCUT2D eigenvalue weighted by atomic mass is 10.1. The molecule has 0 radical (unpaired) electrons. The van der Waals surface area contributed by atoms with Crippen LogP contribution in [0.2, 0.25) is 0 Å². The fraction of sp³-hybridized carbons (Fsp3) is 0.250. The molecule has 2 rings (SSSR count). The van der Waals surface area contributed by atoms with E-state index < -0.39 is 5.82 Å². The highest BCUT2D eigenvalue weighted by Gasteiger charge is 2.10. The number of halogens is 2. The van der Waals surface area contributed by atoms with E-state index in [0.29, 0.717) is 25.2 Å². The maximum absolute atomic E-state index is 13.7. The molecule has 0 saturated carbocycles. The highest BCUT2D eigenvalue weighted by molar-refractivity contribution is 5.48. The molecule has 106 valence electrons. The smallest absolute Gasteiger partial charge is 0.128 e. The van der Waals surface area contributed by atoms with Crippen LogP contribution in [0, 0.1) is 11.6 Å². The van der Waals surface area contributed by atoms with Gasteiger partial charge in [0.1, 0.15) is 11.6 Å². The van der Waals surface area contributed by atoms with E-state index in [-0.39, 0.29) is 5.82 Å². The van der Waals surface area contributed by atoms with Gasteiger partial charge < -0.3 is 10.6 Å². The molecule has 20 heavy (non-hydrogen) atoms. The Morgan fingerprint density at radius 3 is 2.35 bits per heavy atom. The van der Waals surface area contributed by atoms with Crippen molar-refractivity contribution in [1.82, 2.24) is 0 Å². The van der Waals surface area contributed by atoms with Gasteiger partial charge in [-0.2, -0.15) is 0 Å². The molecule has 4 heteroatoms. The van der Waals surface area contributed by atoms with Crippen molar-refractivity contribution in [3.05, 3.63) is 65.2 Å². The van der Waals surface area contributed by atoms with Gasteiger partial charge in [0.15, 0.2) is 0 Å². The van der Waals surface area contributed by atoms with E-state index in [4.69, 9.17) is 5.73 Å².